The molecule has 0 N–H and O–H groups in total. The zero-order valence-corrected chi connectivity index (χ0v) is 74.8. The lowest BCUT2D eigenvalue weighted by atomic mass is 10.00. The first-order valence-electron chi connectivity index (χ1n) is 46.5. The summed E-state index contributed by atoms with van der Waals surface area (Å²) in [7, 11) is 0. The third kappa shape index (κ3) is 13.9. The summed E-state index contributed by atoms with van der Waals surface area (Å²) in [5, 5.41) is 34.1. The molecule has 27 aromatic rings. The van der Waals surface area contributed by atoms with E-state index in [0.29, 0.717) is 16.8 Å². The summed E-state index contributed by atoms with van der Waals surface area (Å²) in [6.07, 6.45) is 0. The molecule has 138 heavy (non-hydrogen) atoms. The summed E-state index contributed by atoms with van der Waals surface area (Å²) >= 11 is 0. The molecule has 0 aliphatic heterocycles. The maximum Gasteiger partial charge on any atom is 0.187 e. The molecule has 6 aromatic heterocycles. The zero-order chi connectivity index (χ0) is 91.8. The van der Waals surface area contributed by atoms with E-state index in [-0.39, 0.29) is 0 Å². The van der Waals surface area contributed by atoms with Crippen molar-refractivity contribution in [1.29, 1.82) is 10.5 Å². The summed E-state index contributed by atoms with van der Waals surface area (Å²) in [5.41, 5.74) is 36.3. The second kappa shape index (κ2) is 33.9. The van der Waals surface area contributed by atoms with Crippen molar-refractivity contribution in [2.45, 2.75) is 0 Å². The lowest BCUT2D eigenvalue weighted by molar-refractivity contribution is 1.18. The van der Waals surface area contributed by atoms with Crippen molar-refractivity contribution in [3.05, 3.63) is 514 Å². The molecule has 0 unspecified atom stereocenters. The largest absolute Gasteiger partial charge is 0.309 e. The highest BCUT2D eigenvalue weighted by Crippen LogP contribution is 2.45. The Morgan fingerprint density at radius 3 is 0.667 bits per heavy atom. The van der Waals surface area contributed by atoms with Gasteiger partial charge in [-0.2, -0.15) is 10.5 Å². The average Bonchev–Trinajstić information content (AvgIpc) is 1.59. The number of rotatable bonds is 12. The van der Waals surface area contributed by atoms with Gasteiger partial charge in [-0.15, -0.1) is 0 Å². The van der Waals surface area contributed by atoms with Crippen molar-refractivity contribution >= 4 is 137 Å². The van der Waals surface area contributed by atoms with Crippen LogP contribution in [0.25, 0.3) is 237 Å². The Bertz CT molecular complexity index is 9580. The van der Waals surface area contributed by atoms with Crippen LogP contribution < -0.4 is 0 Å². The van der Waals surface area contributed by atoms with Gasteiger partial charge in [0.1, 0.15) is 0 Å². The minimum Gasteiger partial charge on any atom is -0.309 e. The van der Waals surface area contributed by atoms with Gasteiger partial charge < -0.3 is 27.4 Å². The fourth-order valence-corrected chi connectivity index (χ4v) is 21.2. The van der Waals surface area contributed by atoms with Crippen LogP contribution in [0.3, 0.4) is 0 Å². The van der Waals surface area contributed by atoms with Crippen molar-refractivity contribution in [3.63, 3.8) is 0 Å². The van der Waals surface area contributed by atoms with E-state index in [0.717, 1.165) is 89.6 Å². The Morgan fingerprint density at radius 1 is 0.167 bits per heavy atom. The Balaban J connectivity index is 0.000000110. The van der Waals surface area contributed by atoms with Gasteiger partial charge in [0.05, 0.1) is 96.0 Å². The van der Waals surface area contributed by atoms with E-state index >= 15 is 0 Å². The fraction of sp³-hybridized carbons (Fsp3) is 0. The van der Waals surface area contributed by atoms with Crippen molar-refractivity contribution in [1.82, 2.24) is 27.4 Å². The van der Waals surface area contributed by atoms with Crippen LogP contribution in [0, 0.1) is 29.2 Å². The zero-order valence-electron chi connectivity index (χ0n) is 74.8. The number of hydrogen-bond donors (Lipinski definition) is 0. The van der Waals surface area contributed by atoms with Crippen LogP contribution in [0.1, 0.15) is 11.1 Å². The molecule has 0 fully saturated rings. The molecule has 0 aliphatic carbocycles. The van der Waals surface area contributed by atoms with Gasteiger partial charge >= 0.3 is 0 Å². The smallest absolute Gasteiger partial charge is 0.187 e. The van der Waals surface area contributed by atoms with E-state index in [1.165, 1.54) is 142 Å². The maximum absolute atomic E-state index is 9.74. The molecule has 0 spiro atoms. The molecule has 0 atom stereocenters. The Morgan fingerprint density at radius 2 is 0.384 bits per heavy atom. The lowest BCUT2D eigenvalue weighted by Gasteiger charge is -2.12. The molecular weight excluding hydrogens is 1680 g/mol. The molecule has 0 aliphatic rings. The topological polar surface area (TPSA) is 81.5 Å². The molecule has 27 rings (SSSR count). The van der Waals surface area contributed by atoms with Crippen LogP contribution in [0.4, 0.5) is 5.69 Å². The first kappa shape index (κ1) is 80.9. The number of para-hydroxylation sites is 9. The van der Waals surface area contributed by atoms with Crippen LogP contribution in [0.15, 0.2) is 491 Å². The van der Waals surface area contributed by atoms with Gasteiger partial charge in [0.25, 0.3) is 0 Å². The van der Waals surface area contributed by atoms with E-state index in [9.17, 15) is 10.5 Å². The molecule has 9 heteroatoms. The standard InChI is InChI=1S/3C43H27N3/c1-44-33-23-20-29(21-24-33)30-10-8-12-34(26-30)46-42-19-7-4-16-38(42)39-28-32(22-25-43(39)46)31-11-9-13-35(27-31)45-40-17-5-2-14-36(40)37-15-3-6-18-41(37)45;44-28-29-10-7-11-30(24-29)31-12-8-15-35(25-31)46-42-21-6-3-18-38(42)39-27-33(22-23-43(39)46)32-13-9-14-34(26-32)45-40-19-4-1-16-36(40)37-17-2-5-20-41(37)45;44-28-32-11-1-2-16-35(32)31-13-10-15-34(26-31)46-42-22-8-5-19-38(42)39-27-30(23-24-43(39)46)29-12-9-14-33(25-29)45-40-20-6-3-17-36(40)37-18-4-7-21-41(37)45/h2-28H;2*1-27H. The monoisotopic (exact) mass is 1760 g/mol. The van der Waals surface area contributed by atoms with Crippen LogP contribution in [-0.4, -0.2) is 27.4 Å². The van der Waals surface area contributed by atoms with Crippen molar-refractivity contribution < 1.29 is 0 Å². The van der Waals surface area contributed by atoms with Crippen LogP contribution in [0.5, 0.6) is 0 Å². The predicted octanol–water partition coefficient (Wildman–Crippen LogP) is 33.9. The molecule has 0 bridgehead atoms. The lowest BCUT2D eigenvalue weighted by Crippen LogP contribution is -1.95. The first-order valence-corrected chi connectivity index (χ1v) is 46.5. The highest BCUT2D eigenvalue weighted by atomic mass is 15.0. The molecule has 21 aromatic carbocycles. The molecule has 9 nitrogen and oxygen atoms in total. The summed E-state index contributed by atoms with van der Waals surface area (Å²) < 4.78 is 14.2. The van der Waals surface area contributed by atoms with E-state index < -0.39 is 0 Å². The Hall–Kier alpha value is -19.1. The van der Waals surface area contributed by atoms with E-state index in [4.69, 9.17) is 6.57 Å². The SMILES string of the molecule is N#Cc1cccc(-c2cccc(-n3c4ccccc4c4cc(-c5cccc(-n6c7ccccc7c7ccccc76)c5)ccc43)c2)c1.N#Cc1ccccc1-c1cccc(-n2c3ccccc3c3cc(-c4cccc(-n5c6ccccc6c6ccccc65)c4)ccc32)c1.[C-]#[N+]c1ccc(-c2cccc(-n3c4ccccc4c4cc(-c5cccc(-n6c7ccccc7c7ccccc76)c5)ccc43)c2)cc1. The van der Waals surface area contributed by atoms with Crippen LogP contribution >= 0.6 is 0 Å². The summed E-state index contributed by atoms with van der Waals surface area (Å²) in [6.45, 7) is 7.29. The van der Waals surface area contributed by atoms with Crippen molar-refractivity contribution in [2.24, 2.45) is 0 Å². The Labute approximate surface area is 795 Å². The number of nitriles is 2. The van der Waals surface area contributed by atoms with Gasteiger partial charge in [0, 0.05) is 98.8 Å². The second-order valence-corrected chi connectivity index (χ2v) is 35.2. The Kier molecular flexibility index (Phi) is 19.9. The highest BCUT2D eigenvalue weighted by Gasteiger charge is 2.23. The molecule has 6 heterocycles. The molecule has 0 saturated carbocycles. The van der Waals surface area contributed by atoms with Gasteiger partial charge in [-0.1, -0.05) is 309 Å². The third-order valence-corrected chi connectivity index (χ3v) is 27.4. The van der Waals surface area contributed by atoms with Crippen molar-refractivity contribution in [2.75, 3.05) is 0 Å². The van der Waals surface area contributed by atoms with E-state index in [2.05, 4.69) is 469 Å². The minimum atomic E-state index is 0.652. The summed E-state index contributed by atoms with van der Waals surface area (Å²) in [5.74, 6) is 0. The van der Waals surface area contributed by atoms with Crippen LogP contribution in [0.2, 0.25) is 0 Å². The molecule has 0 radical (unpaired) electrons. The van der Waals surface area contributed by atoms with Gasteiger partial charge in [0.2, 0.25) is 0 Å². The number of nitrogens with zero attached hydrogens (tertiary/aromatic N) is 9. The molecular formula is C129H81N9. The fourth-order valence-electron chi connectivity index (χ4n) is 21.2. The average molecular weight is 1760 g/mol. The van der Waals surface area contributed by atoms with E-state index in [1.807, 2.05) is 66.7 Å². The number of benzene rings is 21. The van der Waals surface area contributed by atoms with Gasteiger partial charge in [-0.3, -0.25) is 0 Å². The van der Waals surface area contributed by atoms with E-state index in [1.54, 1.807) is 0 Å². The summed E-state index contributed by atoms with van der Waals surface area (Å²) in [4.78, 5) is 3.55. The molecule has 0 saturated heterocycles. The van der Waals surface area contributed by atoms with Gasteiger partial charge in [-0.05, 0) is 249 Å². The number of aromatic nitrogens is 6. The van der Waals surface area contributed by atoms with Crippen molar-refractivity contribution in [3.8, 4) is 113 Å². The highest BCUT2D eigenvalue weighted by molar-refractivity contribution is 6.16. The summed E-state index contributed by atoms with van der Waals surface area (Å²) in [6, 6.07) is 179. The minimum absolute atomic E-state index is 0.652. The van der Waals surface area contributed by atoms with Crippen LogP contribution in [-0.2, 0) is 0 Å². The van der Waals surface area contributed by atoms with Gasteiger partial charge in [0.15, 0.2) is 5.69 Å². The third-order valence-electron chi connectivity index (χ3n) is 27.4. The first-order chi connectivity index (χ1) is 68.3. The molecule has 642 valence electrons. The predicted molar refractivity (Wildman–Crippen MR) is 574 cm³/mol. The second-order valence-electron chi connectivity index (χ2n) is 35.2. The number of fused-ring (bicyclic) bond motifs is 18. The van der Waals surface area contributed by atoms with Gasteiger partial charge in [-0.25, -0.2) is 4.85 Å². The normalized spacial score (nSPS) is 11.5. The quantitative estimate of drug-likeness (QED) is 0.114. The maximum atomic E-state index is 9.74. The molecule has 0 amide bonds. The number of hydrogen-bond acceptors (Lipinski definition) is 2.